The van der Waals surface area contributed by atoms with Crippen LogP contribution in [0.15, 0.2) is 24.5 Å². The van der Waals surface area contributed by atoms with Crippen molar-refractivity contribution in [1.82, 2.24) is 14.8 Å². The summed E-state index contributed by atoms with van der Waals surface area (Å²) in [7, 11) is 1.56. The van der Waals surface area contributed by atoms with E-state index in [4.69, 9.17) is 9.47 Å². The third-order valence-corrected chi connectivity index (χ3v) is 5.11. The van der Waals surface area contributed by atoms with E-state index in [9.17, 15) is 4.79 Å². The topological polar surface area (TPSA) is 54.9 Å². The monoisotopic (exact) mass is 347 g/mol. The molecule has 2 fully saturated rings. The summed E-state index contributed by atoms with van der Waals surface area (Å²) in [5.41, 5.74) is 1.27. The number of aromatic nitrogens is 1. The number of methoxy groups -OCH3 is 1. The summed E-state index contributed by atoms with van der Waals surface area (Å²) in [6, 6.07) is 4.13. The zero-order chi connectivity index (χ0) is 17.5. The van der Waals surface area contributed by atoms with Gasteiger partial charge in [-0.3, -0.25) is 14.7 Å². The highest BCUT2D eigenvalue weighted by atomic mass is 16.5. The number of nitrogens with zero attached hydrogens (tertiary/aromatic N) is 3. The van der Waals surface area contributed by atoms with E-state index in [2.05, 4.69) is 16.0 Å². The second-order valence-corrected chi connectivity index (χ2v) is 6.99. The molecule has 0 atom stereocenters. The fraction of sp³-hybridized carbons (Fsp3) is 0.684. The van der Waals surface area contributed by atoms with Crippen LogP contribution in [-0.2, 0) is 20.8 Å². The van der Waals surface area contributed by atoms with E-state index >= 15 is 0 Å². The number of hydrogen-bond donors (Lipinski definition) is 0. The first kappa shape index (κ1) is 18.3. The highest BCUT2D eigenvalue weighted by Gasteiger charge is 2.27. The molecule has 0 unspecified atom stereocenters. The summed E-state index contributed by atoms with van der Waals surface area (Å²) in [4.78, 5) is 20.4. The zero-order valence-corrected chi connectivity index (χ0v) is 15.1. The Morgan fingerprint density at radius 2 is 1.84 bits per heavy atom. The molecule has 3 heterocycles. The first-order valence-electron chi connectivity index (χ1n) is 9.28. The van der Waals surface area contributed by atoms with Gasteiger partial charge in [-0.05, 0) is 37.3 Å². The third kappa shape index (κ3) is 5.49. The molecule has 1 aromatic heterocycles. The lowest BCUT2D eigenvalue weighted by Crippen LogP contribution is -2.44. The van der Waals surface area contributed by atoms with E-state index in [0.717, 1.165) is 58.4 Å². The predicted octanol–water partition coefficient (Wildman–Crippen LogP) is 1.70. The Morgan fingerprint density at radius 1 is 1.16 bits per heavy atom. The van der Waals surface area contributed by atoms with Crippen molar-refractivity contribution in [2.75, 3.05) is 39.9 Å². The molecule has 1 aromatic rings. The van der Waals surface area contributed by atoms with Crippen LogP contribution in [0.25, 0.3) is 0 Å². The van der Waals surface area contributed by atoms with Gasteiger partial charge in [0.2, 0.25) is 5.91 Å². The number of ether oxygens (including phenoxy) is 2. The van der Waals surface area contributed by atoms with Gasteiger partial charge in [0.15, 0.2) is 0 Å². The molecule has 6 heteroatoms. The molecule has 0 radical (unpaired) electrons. The smallest absolute Gasteiger partial charge is 0.248 e. The molecule has 0 aliphatic carbocycles. The van der Waals surface area contributed by atoms with Crippen LogP contribution in [0.1, 0.15) is 31.2 Å². The van der Waals surface area contributed by atoms with Crippen LogP contribution in [0.4, 0.5) is 0 Å². The highest BCUT2D eigenvalue weighted by Crippen LogP contribution is 2.22. The van der Waals surface area contributed by atoms with E-state index in [1.165, 1.54) is 5.56 Å². The van der Waals surface area contributed by atoms with E-state index in [1.807, 2.05) is 23.4 Å². The van der Waals surface area contributed by atoms with Gasteiger partial charge in [0.05, 0.1) is 12.2 Å². The zero-order valence-electron chi connectivity index (χ0n) is 15.1. The number of hydrogen-bond acceptors (Lipinski definition) is 5. The second kappa shape index (κ2) is 9.27. The van der Waals surface area contributed by atoms with Gasteiger partial charge in [-0.25, -0.2) is 0 Å². The van der Waals surface area contributed by atoms with E-state index in [-0.39, 0.29) is 12.5 Å². The molecule has 1 amide bonds. The van der Waals surface area contributed by atoms with Gasteiger partial charge in [0, 0.05) is 52.2 Å². The average molecular weight is 347 g/mol. The summed E-state index contributed by atoms with van der Waals surface area (Å²) >= 11 is 0. The molecule has 0 saturated carbocycles. The van der Waals surface area contributed by atoms with Crippen LogP contribution in [0, 0.1) is 0 Å². The lowest BCUT2D eigenvalue weighted by molar-refractivity contribution is -0.139. The van der Waals surface area contributed by atoms with Crippen LogP contribution in [0.5, 0.6) is 0 Å². The molecule has 0 N–H and O–H groups in total. The third-order valence-electron chi connectivity index (χ3n) is 5.11. The fourth-order valence-electron chi connectivity index (χ4n) is 3.68. The van der Waals surface area contributed by atoms with Gasteiger partial charge in [-0.1, -0.05) is 6.07 Å². The second-order valence-electron chi connectivity index (χ2n) is 6.99. The quantitative estimate of drug-likeness (QED) is 0.784. The predicted molar refractivity (Wildman–Crippen MR) is 95.1 cm³/mol. The van der Waals surface area contributed by atoms with Crippen molar-refractivity contribution in [1.29, 1.82) is 0 Å². The van der Waals surface area contributed by atoms with Gasteiger partial charge in [0.1, 0.15) is 6.61 Å². The van der Waals surface area contributed by atoms with Crippen LogP contribution in [0.2, 0.25) is 0 Å². The van der Waals surface area contributed by atoms with Crippen molar-refractivity contribution < 1.29 is 14.3 Å². The Hall–Kier alpha value is -1.50. The first-order valence-corrected chi connectivity index (χ1v) is 9.28. The largest absolute Gasteiger partial charge is 0.375 e. The maximum Gasteiger partial charge on any atom is 0.248 e. The summed E-state index contributed by atoms with van der Waals surface area (Å²) < 4.78 is 11.2. The Bertz CT molecular complexity index is 524. The molecular formula is C19H29N3O3. The molecular weight excluding hydrogens is 318 g/mol. The molecule has 25 heavy (non-hydrogen) atoms. The fourth-order valence-corrected chi connectivity index (χ4v) is 3.68. The molecule has 0 bridgehead atoms. The van der Waals surface area contributed by atoms with Crippen LogP contribution >= 0.6 is 0 Å². The highest BCUT2D eigenvalue weighted by molar-refractivity contribution is 5.77. The molecule has 2 aliphatic rings. The van der Waals surface area contributed by atoms with Crippen molar-refractivity contribution >= 4 is 5.91 Å². The molecule has 6 nitrogen and oxygen atoms in total. The number of pyridine rings is 1. The molecule has 2 aliphatic heterocycles. The van der Waals surface area contributed by atoms with Crippen LogP contribution < -0.4 is 0 Å². The minimum atomic E-state index is 0.0876. The number of likely N-dealkylation sites (tertiary alicyclic amines) is 2. The number of carbonyl (C=O) groups excluding carboxylic acids is 1. The van der Waals surface area contributed by atoms with E-state index in [1.54, 1.807) is 7.11 Å². The molecule has 0 spiro atoms. The van der Waals surface area contributed by atoms with Gasteiger partial charge >= 0.3 is 0 Å². The maximum atomic E-state index is 11.8. The first-order chi connectivity index (χ1) is 12.2. The summed E-state index contributed by atoms with van der Waals surface area (Å²) in [6.07, 6.45) is 8.46. The van der Waals surface area contributed by atoms with Crippen molar-refractivity contribution in [3.8, 4) is 0 Å². The van der Waals surface area contributed by atoms with Crippen molar-refractivity contribution in [2.45, 2.75) is 44.4 Å². The SMILES string of the molecule is COCC(=O)N1CCC(OC2CCN(Cc3cccnc3)CC2)CC1. The normalized spacial score (nSPS) is 20.8. The molecule has 3 rings (SSSR count). The van der Waals surface area contributed by atoms with Crippen LogP contribution in [0.3, 0.4) is 0 Å². The molecule has 138 valence electrons. The molecule has 2 saturated heterocycles. The Morgan fingerprint density at radius 3 is 2.44 bits per heavy atom. The summed E-state index contributed by atoms with van der Waals surface area (Å²) in [5, 5.41) is 0. The Balaban J connectivity index is 1.35. The number of rotatable bonds is 6. The Kier molecular flexibility index (Phi) is 6.78. The number of amides is 1. The minimum absolute atomic E-state index is 0.0876. The van der Waals surface area contributed by atoms with E-state index in [0.29, 0.717) is 12.2 Å². The standard InChI is InChI=1S/C19H29N3O3/c1-24-15-19(23)22-11-6-18(7-12-22)25-17-4-9-21(10-5-17)14-16-3-2-8-20-13-16/h2-3,8,13,17-18H,4-7,9-12,14-15H2,1H3. The van der Waals surface area contributed by atoms with E-state index < -0.39 is 0 Å². The number of piperidine rings is 2. The van der Waals surface area contributed by atoms with Gasteiger partial charge in [0.25, 0.3) is 0 Å². The molecule has 0 aromatic carbocycles. The Labute approximate surface area is 150 Å². The van der Waals surface area contributed by atoms with Crippen LogP contribution in [-0.4, -0.2) is 72.8 Å². The van der Waals surface area contributed by atoms with Crippen molar-refractivity contribution in [3.63, 3.8) is 0 Å². The lowest BCUT2D eigenvalue weighted by Gasteiger charge is -2.37. The summed E-state index contributed by atoms with van der Waals surface area (Å²) in [5.74, 6) is 0.0876. The summed E-state index contributed by atoms with van der Waals surface area (Å²) in [6.45, 7) is 4.87. The maximum absolute atomic E-state index is 11.8. The van der Waals surface area contributed by atoms with Crippen molar-refractivity contribution in [3.05, 3.63) is 30.1 Å². The average Bonchev–Trinajstić information content (AvgIpc) is 2.65. The lowest BCUT2D eigenvalue weighted by atomic mass is 10.0. The number of carbonyl (C=O) groups is 1. The minimum Gasteiger partial charge on any atom is -0.375 e. The van der Waals surface area contributed by atoms with Crippen molar-refractivity contribution in [2.24, 2.45) is 0 Å². The van der Waals surface area contributed by atoms with Gasteiger partial charge in [-0.2, -0.15) is 0 Å². The van der Waals surface area contributed by atoms with Gasteiger partial charge in [-0.15, -0.1) is 0 Å². The van der Waals surface area contributed by atoms with Gasteiger partial charge < -0.3 is 14.4 Å².